The van der Waals surface area contributed by atoms with E-state index in [0.717, 1.165) is 11.1 Å². The van der Waals surface area contributed by atoms with Crippen molar-refractivity contribution in [1.82, 2.24) is 15.0 Å². The maximum absolute atomic E-state index is 13.6. The molecule has 1 fully saturated rings. The maximum atomic E-state index is 13.6. The number of aromatic amines is 2. The number of aromatic nitrogens is 4. The second kappa shape index (κ2) is 7.08. The van der Waals surface area contributed by atoms with Crippen molar-refractivity contribution >= 4 is 39.5 Å². The van der Waals surface area contributed by atoms with Gasteiger partial charge in [0.25, 0.3) is 5.91 Å². The third-order valence-electron chi connectivity index (χ3n) is 5.68. The highest BCUT2D eigenvalue weighted by Gasteiger charge is 2.49. The number of H-pyrrole nitrogens is 2. The van der Waals surface area contributed by atoms with Crippen molar-refractivity contribution in [2.75, 3.05) is 11.1 Å². The van der Waals surface area contributed by atoms with Gasteiger partial charge >= 0.3 is 12.1 Å². The molecule has 7 N–H and O–H groups in total. The molecule has 3 aromatic heterocycles. The summed E-state index contributed by atoms with van der Waals surface area (Å²) in [7, 11) is 0. The summed E-state index contributed by atoms with van der Waals surface area (Å²) in [6.45, 7) is 0. The zero-order valence-electron chi connectivity index (χ0n) is 16.6. The zero-order chi connectivity index (χ0) is 22.6. The monoisotopic (exact) mass is 442 g/mol. The van der Waals surface area contributed by atoms with Crippen molar-refractivity contribution in [2.45, 2.75) is 25.1 Å². The smallest absolute Gasteiger partial charge is 0.365 e. The summed E-state index contributed by atoms with van der Waals surface area (Å²) in [6, 6.07) is 3.67. The predicted molar refractivity (Wildman–Crippen MR) is 113 cm³/mol. The van der Waals surface area contributed by atoms with Gasteiger partial charge in [0.1, 0.15) is 18.1 Å². The highest BCUT2D eigenvalue weighted by molar-refractivity contribution is 6.18. The Hall–Kier alpha value is -3.89. The Morgan fingerprint density at radius 1 is 1.22 bits per heavy atom. The summed E-state index contributed by atoms with van der Waals surface area (Å²) >= 11 is 0. The molecule has 5 rings (SSSR count). The van der Waals surface area contributed by atoms with Gasteiger partial charge in [0, 0.05) is 22.7 Å². The van der Waals surface area contributed by atoms with Crippen LogP contribution in [0.4, 0.5) is 24.9 Å². The Bertz CT molecular complexity index is 1340. The molecule has 1 aliphatic rings. The second-order valence-electron chi connectivity index (χ2n) is 7.91. The molecular formula is C21H19F3N7O+. The molecule has 1 amide bonds. The Kier molecular flexibility index (Phi) is 4.43. The lowest BCUT2D eigenvalue weighted by atomic mass is 10.1. The number of nitrogen functional groups attached to an aromatic ring is 1. The lowest BCUT2D eigenvalue weighted by molar-refractivity contribution is -0.363. The number of nitrogens with two attached hydrogens (primary N) is 2. The Morgan fingerprint density at radius 2 is 2.00 bits per heavy atom. The number of amides is 1. The number of hydrogen-bond acceptors (Lipinski definition) is 5. The van der Waals surface area contributed by atoms with Crippen LogP contribution >= 0.6 is 0 Å². The average molecular weight is 442 g/mol. The number of benzene rings is 1. The van der Waals surface area contributed by atoms with Gasteiger partial charge in [0.2, 0.25) is 0 Å². The fourth-order valence-corrected chi connectivity index (χ4v) is 3.95. The van der Waals surface area contributed by atoms with E-state index in [-0.39, 0.29) is 17.3 Å². The number of carbonyl (C=O) groups excluding carboxylic acids is 1. The van der Waals surface area contributed by atoms with Crippen LogP contribution in [0.25, 0.3) is 32.9 Å². The van der Waals surface area contributed by atoms with Crippen LogP contribution in [0.3, 0.4) is 0 Å². The molecule has 32 heavy (non-hydrogen) atoms. The Morgan fingerprint density at radius 3 is 2.62 bits per heavy atom. The fraction of sp³-hybridized carbons (Fsp3) is 0.238. The quantitative estimate of drug-likeness (QED) is 0.377. The molecule has 3 heterocycles. The molecule has 1 saturated carbocycles. The van der Waals surface area contributed by atoms with Crippen LogP contribution in [0.5, 0.6) is 0 Å². The van der Waals surface area contributed by atoms with Crippen LogP contribution in [0.2, 0.25) is 0 Å². The van der Waals surface area contributed by atoms with Gasteiger partial charge in [-0.05, 0) is 30.4 Å². The molecule has 0 spiro atoms. The molecule has 164 valence electrons. The summed E-state index contributed by atoms with van der Waals surface area (Å²) in [5, 5.41) is 3.59. The van der Waals surface area contributed by atoms with Gasteiger partial charge in [-0.25, -0.2) is 9.97 Å². The number of primary amides is 1. The van der Waals surface area contributed by atoms with Gasteiger partial charge in [-0.15, -0.1) is 0 Å². The summed E-state index contributed by atoms with van der Waals surface area (Å²) in [5.41, 5.74) is 13.7. The SMILES string of the molecule is NC(=O)c1cnc(N[C@H](C2CC2)C(F)(F)F)c2c1[nH]c1cc(-c3cnc(N)[nH+]c3)ccc12. The molecule has 1 aliphatic carbocycles. The molecule has 0 bridgehead atoms. The minimum Gasteiger partial charge on any atom is -0.365 e. The molecular weight excluding hydrogens is 423 g/mol. The van der Waals surface area contributed by atoms with Crippen LogP contribution in [0.1, 0.15) is 23.2 Å². The number of rotatable bonds is 5. The minimum absolute atomic E-state index is 0.0562. The molecule has 8 nitrogen and oxygen atoms in total. The number of fused-ring (bicyclic) bond motifs is 3. The maximum Gasteiger partial charge on any atom is 0.408 e. The zero-order valence-corrected chi connectivity index (χ0v) is 16.6. The standard InChI is InChI=1S/C21H18F3N7O/c22-21(23,24)17(9-1-2-9)31-19-15-12-4-3-10(11-6-28-20(26)29-7-11)5-14(12)30-16(15)13(8-27-19)18(25)32/h3-9,17,30H,1-2H2,(H2,25,32)(H,27,31)(H2,26,28,29)/p+1/t17-/m1/s1. The number of nitrogens with one attached hydrogen (secondary N) is 3. The van der Waals surface area contributed by atoms with Gasteiger partial charge in [-0.2, -0.15) is 13.2 Å². The summed E-state index contributed by atoms with van der Waals surface area (Å²) in [6.07, 6.45) is 1.08. The molecule has 0 aliphatic heterocycles. The van der Waals surface area contributed by atoms with Crippen molar-refractivity contribution in [1.29, 1.82) is 0 Å². The molecule has 0 saturated heterocycles. The van der Waals surface area contributed by atoms with Crippen LogP contribution in [-0.4, -0.2) is 33.1 Å². The predicted octanol–water partition coefficient (Wildman–Crippen LogP) is 3.03. The van der Waals surface area contributed by atoms with E-state index in [4.69, 9.17) is 11.5 Å². The highest BCUT2D eigenvalue weighted by Crippen LogP contribution is 2.43. The van der Waals surface area contributed by atoms with Crippen molar-refractivity contribution in [3.05, 3.63) is 42.4 Å². The first kappa shape index (κ1) is 20.0. The van der Waals surface area contributed by atoms with Gasteiger partial charge in [-0.3, -0.25) is 10.5 Å². The van der Waals surface area contributed by atoms with Crippen molar-refractivity contribution in [3.63, 3.8) is 0 Å². The van der Waals surface area contributed by atoms with Gasteiger partial charge in [0.15, 0.2) is 0 Å². The van der Waals surface area contributed by atoms with E-state index in [9.17, 15) is 18.0 Å². The Labute approximate surface area is 179 Å². The van der Waals surface area contributed by atoms with Crippen molar-refractivity contribution in [2.24, 2.45) is 11.7 Å². The number of anilines is 2. The van der Waals surface area contributed by atoms with Gasteiger partial charge in [-0.1, -0.05) is 17.1 Å². The first-order chi connectivity index (χ1) is 15.2. The minimum atomic E-state index is -4.42. The van der Waals surface area contributed by atoms with Crippen LogP contribution in [-0.2, 0) is 0 Å². The second-order valence-corrected chi connectivity index (χ2v) is 7.91. The molecule has 1 atom stereocenters. The van der Waals surface area contributed by atoms with E-state index >= 15 is 0 Å². The van der Waals surface area contributed by atoms with Crippen molar-refractivity contribution < 1.29 is 22.9 Å². The average Bonchev–Trinajstić information content (AvgIpc) is 3.50. The third kappa shape index (κ3) is 3.45. The third-order valence-corrected chi connectivity index (χ3v) is 5.68. The lowest BCUT2D eigenvalue weighted by Crippen LogP contribution is -2.38. The Balaban J connectivity index is 1.68. The van der Waals surface area contributed by atoms with E-state index in [2.05, 4.69) is 25.3 Å². The topological polar surface area (TPSA) is 137 Å². The molecule has 4 aromatic rings. The first-order valence-corrected chi connectivity index (χ1v) is 9.93. The van der Waals surface area contributed by atoms with Gasteiger partial charge in [0.05, 0.1) is 22.7 Å². The number of carbonyl (C=O) groups is 1. The summed E-state index contributed by atoms with van der Waals surface area (Å²) < 4.78 is 40.9. The number of alkyl halides is 3. The largest absolute Gasteiger partial charge is 0.408 e. The number of pyridine rings is 1. The van der Waals surface area contributed by atoms with E-state index in [1.807, 2.05) is 6.07 Å². The number of hydrogen-bond donors (Lipinski definition) is 4. The van der Waals surface area contributed by atoms with Crippen LogP contribution < -0.4 is 21.8 Å². The molecule has 0 radical (unpaired) electrons. The molecule has 0 unspecified atom stereocenters. The molecule has 11 heteroatoms. The number of nitrogens with zero attached hydrogens (tertiary/aromatic N) is 2. The van der Waals surface area contributed by atoms with Crippen molar-refractivity contribution in [3.8, 4) is 11.1 Å². The lowest BCUT2D eigenvalue weighted by Gasteiger charge is -2.22. The van der Waals surface area contributed by atoms with E-state index < -0.39 is 24.0 Å². The summed E-state index contributed by atoms with van der Waals surface area (Å²) in [5.74, 6) is -0.898. The van der Waals surface area contributed by atoms with E-state index in [1.54, 1.807) is 24.5 Å². The fourth-order valence-electron chi connectivity index (χ4n) is 3.95. The molecule has 1 aromatic carbocycles. The normalized spacial score (nSPS) is 15.2. The number of halogens is 3. The van der Waals surface area contributed by atoms with Crippen LogP contribution in [0.15, 0.2) is 36.8 Å². The van der Waals surface area contributed by atoms with E-state index in [0.29, 0.717) is 34.6 Å². The highest BCUT2D eigenvalue weighted by atomic mass is 19.4. The van der Waals surface area contributed by atoms with Crippen LogP contribution in [0, 0.1) is 5.92 Å². The van der Waals surface area contributed by atoms with E-state index in [1.165, 1.54) is 6.20 Å². The first-order valence-electron chi connectivity index (χ1n) is 9.93. The summed E-state index contributed by atoms with van der Waals surface area (Å²) in [4.78, 5) is 26.1. The van der Waals surface area contributed by atoms with Gasteiger partial charge < -0.3 is 16.0 Å².